The maximum Gasteiger partial charge on any atom is 0.416 e. The van der Waals surface area contributed by atoms with Gasteiger partial charge in [0.25, 0.3) is 0 Å². The first-order valence-electron chi connectivity index (χ1n) is 8.84. The predicted molar refractivity (Wildman–Crippen MR) is 118 cm³/mol. The van der Waals surface area contributed by atoms with Gasteiger partial charge in [0.15, 0.2) is 6.17 Å². The summed E-state index contributed by atoms with van der Waals surface area (Å²) in [6, 6.07) is 9.62. The average molecular weight is 497 g/mol. The number of aliphatic imine (C=N–C) groups is 2. The van der Waals surface area contributed by atoms with Crippen LogP contribution in [0.4, 0.5) is 13.2 Å². The standard InChI is InChI=1S/C19H18Cl2F3N5O.ClH/c20-14-7-6-13(10-15(14)21)30-9-1-8-29-16(27-17(25)28-18(29)26)11-2-4-12(5-3-11)19(22,23)24;/h2-7,10,16H,1,8-9H2,(H4,25,26,27,28);1H. The van der Waals surface area contributed by atoms with Gasteiger partial charge >= 0.3 is 6.18 Å². The van der Waals surface area contributed by atoms with Crippen LogP contribution in [-0.2, 0) is 6.18 Å². The lowest BCUT2D eigenvalue weighted by atomic mass is 10.1. The van der Waals surface area contributed by atoms with Crippen LogP contribution in [-0.4, -0.2) is 30.0 Å². The van der Waals surface area contributed by atoms with Crippen molar-refractivity contribution in [3.05, 3.63) is 63.6 Å². The summed E-state index contributed by atoms with van der Waals surface area (Å²) in [6.45, 7) is 0.722. The van der Waals surface area contributed by atoms with Gasteiger partial charge in [0.1, 0.15) is 5.75 Å². The van der Waals surface area contributed by atoms with Crippen LogP contribution in [0, 0.1) is 0 Å². The second kappa shape index (κ2) is 10.3. The summed E-state index contributed by atoms with van der Waals surface area (Å²) in [5.41, 5.74) is 11.4. The van der Waals surface area contributed by atoms with Gasteiger partial charge < -0.3 is 21.1 Å². The smallest absolute Gasteiger partial charge is 0.416 e. The molecule has 0 aromatic heterocycles. The summed E-state index contributed by atoms with van der Waals surface area (Å²) < 4.78 is 44.1. The first-order chi connectivity index (χ1) is 14.1. The fourth-order valence-electron chi connectivity index (χ4n) is 2.86. The van der Waals surface area contributed by atoms with Gasteiger partial charge in [0.05, 0.1) is 22.2 Å². The Morgan fingerprint density at radius 3 is 2.32 bits per heavy atom. The van der Waals surface area contributed by atoms with Gasteiger partial charge in [0.2, 0.25) is 11.9 Å². The lowest BCUT2D eigenvalue weighted by Crippen LogP contribution is -2.44. The van der Waals surface area contributed by atoms with E-state index < -0.39 is 17.9 Å². The highest BCUT2D eigenvalue weighted by atomic mass is 35.5. The van der Waals surface area contributed by atoms with Crippen molar-refractivity contribution < 1.29 is 17.9 Å². The molecule has 0 radical (unpaired) electrons. The maximum absolute atomic E-state index is 12.8. The van der Waals surface area contributed by atoms with Gasteiger partial charge in [-0.1, -0.05) is 35.3 Å². The van der Waals surface area contributed by atoms with E-state index in [4.69, 9.17) is 39.4 Å². The summed E-state index contributed by atoms with van der Waals surface area (Å²) in [5.74, 6) is 0.647. The van der Waals surface area contributed by atoms with E-state index in [1.54, 1.807) is 23.1 Å². The molecular weight excluding hydrogens is 478 g/mol. The van der Waals surface area contributed by atoms with Gasteiger partial charge in [-0.25, -0.2) is 4.99 Å². The number of benzene rings is 2. The number of hydrogen-bond acceptors (Lipinski definition) is 6. The molecule has 31 heavy (non-hydrogen) atoms. The molecule has 0 saturated heterocycles. The Bertz CT molecular complexity index is 967. The molecule has 6 nitrogen and oxygen atoms in total. The van der Waals surface area contributed by atoms with E-state index in [9.17, 15) is 13.2 Å². The first kappa shape index (κ1) is 24.9. The molecule has 1 aliphatic rings. The van der Waals surface area contributed by atoms with Crippen LogP contribution in [0.1, 0.15) is 23.7 Å². The van der Waals surface area contributed by atoms with Crippen molar-refractivity contribution >= 4 is 47.5 Å². The van der Waals surface area contributed by atoms with Gasteiger partial charge in [-0.3, -0.25) is 0 Å². The quantitative estimate of drug-likeness (QED) is 0.560. The van der Waals surface area contributed by atoms with Crippen LogP contribution in [0.2, 0.25) is 10.0 Å². The molecule has 3 rings (SSSR count). The molecule has 168 valence electrons. The first-order valence-corrected chi connectivity index (χ1v) is 9.60. The summed E-state index contributed by atoms with van der Waals surface area (Å²) in [4.78, 5) is 9.83. The molecule has 0 spiro atoms. The Balaban J connectivity index is 0.00000341. The van der Waals surface area contributed by atoms with Gasteiger partial charge in [-0.15, -0.1) is 12.4 Å². The molecule has 2 aromatic rings. The number of alkyl halides is 3. The molecule has 0 bridgehead atoms. The van der Waals surface area contributed by atoms with Crippen molar-refractivity contribution in [3.8, 4) is 5.75 Å². The summed E-state index contributed by atoms with van der Waals surface area (Å²) in [5, 5.41) is 0.810. The lowest BCUT2D eigenvalue weighted by Gasteiger charge is -2.32. The van der Waals surface area contributed by atoms with Gasteiger partial charge in [-0.2, -0.15) is 18.2 Å². The fourth-order valence-corrected chi connectivity index (χ4v) is 3.15. The Kier molecular flexibility index (Phi) is 8.27. The van der Waals surface area contributed by atoms with E-state index in [1.807, 2.05) is 0 Å². The maximum atomic E-state index is 12.8. The molecule has 1 heterocycles. The second-order valence-corrected chi connectivity index (χ2v) is 7.24. The van der Waals surface area contributed by atoms with Crippen molar-refractivity contribution in [2.24, 2.45) is 21.5 Å². The Hall–Kier alpha value is -2.36. The molecule has 12 heteroatoms. The Morgan fingerprint density at radius 2 is 1.71 bits per heavy atom. The van der Waals surface area contributed by atoms with Crippen LogP contribution in [0.5, 0.6) is 5.75 Å². The van der Waals surface area contributed by atoms with E-state index in [1.165, 1.54) is 12.1 Å². The minimum atomic E-state index is -4.42. The monoisotopic (exact) mass is 495 g/mol. The van der Waals surface area contributed by atoms with Crippen LogP contribution >= 0.6 is 35.6 Å². The third-order valence-electron chi connectivity index (χ3n) is 4.31. The molecule has 4 N–H and O–H groups in total. The van der Waals surface area contributed by atoms with E-state index in [0.29, 0.717) is 40.9 Å². The summed E-state index contributed by atoms with van der Waals surface area (Å²) in [6.07, 6.45) is -4.58. The van der Waals surface area contributed by atoms with Crippen LogP contribution in [0.15, 0.2) is 52.4 Å². The second-order valence-electron chi connectivity index (χ2n) is 6.42. The third kappa shape index (κ3) is 6.32. The zero-order valence-electron chi connectivity index (χ0n) is 15.9. The highest BCUT2D eigenvalue weighted by Gasteiger charge is 2.31. The van der Waals surface area contributed by atoms with Crippen LogP contribution in [0.25, 0.3) is 0 Å². The number of halogens is 6. The average Bonchev–Trinajstić information content (AvgIpc) is 2.68. The van der Waals surface area contributed by atoms with Crippen molar-refractivity contribution in [2.75, 3.05) is 13.2 Å². The zero-order valence-corrected chi connectivity index (χ0v) is 18.3. The topological polar surface area (TPSA) is 89.2 Å². The number of hydrogen-bond donors (Lipinski definition) is 2. The molecule has 0 saturated carbocycles. The molecule has 0 aliphatic carbocycles. The number of nitrogens with zero attached hydrogens (tertiary/aromatic N) is 3. The van der Waals surface area contributed by atoms with Crippen LogP contribution < -0.4 is 16.2 Å². The SMILES string of the molecule is Cl.NC1=NC(c2ccc(C(F)(F)F)cc2)N(CCCOc2ccc(Cl)c(Cl)c2)C(N)=N1. The summed E-state index contributed by atoms with van der Waals surface area (Å²) in [7, 11) is 0. The minimum Gasteiger partial charge on any atom is -0.493 e. The minimum absolute atomic E-state index is 0. The third-order valence-corrected chi connectivity index (χ3v) is 5.05. The van der Waals surface area contributed by atoms with Gasteiger partial charge in [-0.05, 0) is 36.2 Å². The van der Waals surface area contributed by atoms with Crippen molar-refractivity contribution in [2.45, 2.75) is 18.8 Å². The highest BCUT2D eigenvalue weighted by molar-refractivity contribution is 6.42. The van der Waals surface area contributed by atoms with Crippen molar-refractivity contribution in [1.82, 2.24) is 4.90 Å². The Labute approximate surface area is 193 Å². The lowest BCUT2D eigenvalue weighted by molar-refractivity contribution is -0.137. The van der Waals surface area contributed by atoms with E-state index in [-0.39, 0.29) is 24.3 Å². The van der Waals surface area contributed by atoms with E-state index in [2.05, 4.69) is 9.98 Å². The van der Waals surface area contributed by atoms with Crippen molar-refractivity contribution in [1.29, 1.82) is 0 Å². The molecule has 2 aromatic carbocycles. The highest BCUT2D eigenvalue weighted by Crippen LogP contribution is 2.32. The van der Waals surface area contributed by atoms with Gasteiger partial charge in [0, 0.05) is 12.6 Å². The van der Waals surface area contributed by atoms with E-state index in [0.717, 1.165) is 12.1 Å². The molecule has 1 aliphatic heterocycles. The number of guanidine groups is 2. The predicted octanol–water partition coefficient (Wildman–Crippen LogP) is 4.85. The molecule has 1 unspecified atom stereocenters. The molecule has 1 atom stereocenters. The zero-order chi connectivity index (χ0) is 21.9. The Morgan fingerprint density at radius 1 is 1.03 bits per heavy atom. The van der Waals surface area contributed by atoms with Crippen molar-refractivity contribution in [3.63, 3.8) is 0 Å². The van der Waals surface area contributed by atoms with Crippen LogP contribution in [0.3, 0.4) is 0 Å². The van der Waals surface area contributed by atoms with E-state index >= 15 is 0 Å². The molecular formula is C19H19Cl3F3N5O. The molecule has 0 amide bonds. The number of rotatable bonds is 6. The largest absolute Gasteiger partial charge is 0.493 e. The normalized spacial score (nSPS) is 16.3. The fraction of sp³-hybridized carbons (Fsp3) is 0.263. The number of ether oxygens (including phenoxy) is 1. The molecule has 0 fully saturated rings. The number of nitrogens with two attached hydrogens (primary N) is 2. The summed E-state index contributed by atoms with van der Waals surface area (Å²) >= 11 is 11.8.